The van der Waals surface area contributed by atoms with Crippen LogP contribution in [-0.2, 0) is 14.3 Å². The predicted molar refractivity (Wildman–Crippen MR) is 111 cm³/mol. The van der Waals surface area contributed by atoms with E-state index in [2.05, 4.69) is 0 Å². The highest BCUT2D eigenvalue weighted by Crippen LogP contribution is 2.36. The maximum absolute atomic E-state index is 13.3. The topological polar surface area (TPSA) is 76.1 Å². The monoisotopic (exact) mass is 393 g/mol. The number of nitrogens with zero attached hydrogens (tertiary/aromatic N) is 1. The van der Waals surface area contributed by atoms with E-state index in [-0.39, 0.29) is 22.8 Å². The summed E-state index contributed by atoms with van der Waals surface area (Å²) in [7, 11) is 1.29. The van der Waals surface area contributed by atoms with Crippen LogP contribution < -0.4 is 9.64 Å². The molecule has 29 heavy (non-hydrogen) atoms. The van der Waals surface area contributed by atoms with Gasteiger partial charge in [-0.1, -0.05) is 18.2 Å². The molecule has 0 saturated carbocycles. The minimum atomic E-state index is -0.582. The van der Waals surface area contributed by atoms with Gasteiger partial charge < -0.3 is 14.6 Å². The molecule has 1 aliphatic rings. The van der Waals surface area contributed by atoms with Gasteiger partial charge in [0.05, 0.1) is 24.9 Å². The number of hydrogen-bond acceptors (Lipinski definition) is 5. The van der Waals surface area contributed by atoms with Crippen molar-refractivity contribution >= 4 is 23.6 Å². The summed E-state index contributed by atoms with van der Waals surface area (Å²) < 4.78 is 10.3. The van der Waals surface area contributed by atoms with E-state index in [1.165, 1.54) is 18.1 Å². The number of benzene rings is 2. The Morgan fingerprint density at radius 3 is 2.59 bits per heavy atom. The van der Waals surface area contributed by atoms with Crippen LogP contribution in [-0.4, -0.2) is 30.7 Å². The van der Waals surface area contributed by atoms with Crippen molar-refractivity contribution in [2.45, 2.75) is 20.8 Å². The molecule has 1 heterocycles. The molecular formula is C23H23NO5. The summed E-state index contributed by atoms with van der Waals surface area (Å²) in [6.45, 7) is 5.86. The van der Waals surface area contributed by atoms with Crippen LogP contribution in [0.5, 0.6) is 11.5 Å². The molecule has 0 radical (unpaired) electrons. The Labute approximate surface area is 169 Å². The molecule has 0 aromatic heterocycles. The largest absolute Gasteiger partial charge is 0.504 e. The van der Waals surface area contributed by atoms with Gasteiger partial charge in [0.15, 0.2) is 11.5 Å². The Morgan fingerprint density at radius 1 is 1.17 bits per heavy atom. The number of carbonyl (C=O) groups excluding carboxylic acids is 2. The predicted octanol–water partition coefficient (Wildman–Crippen LogP) is 3.98. The fraction of sp³-hybridized carbons (Fsp3) is 0.217. The first kappa shape index (κ1) is 20.2. The summed E-state index contributed by atoms with van der Waals surface area (Å²) in [5.74, 6) is -0.586. The summed E-state index contributed by atoms with van der Waals surface area (Å²) in [5, 5.41) is 9.91. The Morgan fingerprint density at radius 2 is 1.93 bits per heavy atom. The van der Waals surface area contributed by atoms with E-state index >= 15 is 0 Å². The minimum absolute atomic E-state index is 0.00745. The van der Waals surface area contributed by atoms with E-state index < -0.39 is 5.97 Å². The van der Waals surface area contributed by atoms with Crippen LogP contribution in [0.25, 0.3) is 6.08 Å². The summed E-state index contributed by atoms with van der Waals surface area (Å²) in [5.41, 5.74) is 3.24. The quantitative estimate of drug-likeness (QED) is 0.614. The maximum Gasteiger partial charge on any atom is 0.340 e. The molecule has 0 saturated heterocycles. The number of phenolic OH excluding ortho intramolecular Hbond substituents is 1. The van der Waals surface area contributed by atoms with Crippen molar-refractivity contribution in [3.8, 4) is 11.5 Å². The average Bonchev–Trinajstić information content (AvgIpc) is 2.94. The van der Waals surface area contributed by atoms with Crippen molar-refractivity contribution in [1.82, 2.24) is 0 Å². The molecule has 0 fully saturated rings. The Kier molecular flexibility index (Phi) is 5.73. The second kappa shape index (κ2) is 8.22. The molecule has 1 N–H and O–H groups in total. The number of rotatable bonds is 5. The zero-order valence-electron chi connectivity index (χ0n) is 16.9. The van der Waals surface area contributed by atoms with Crippen LogP contribution in [0.15, 0.2) is 59.3 Å². The number of esters is 1. The van der Waals surface area contributed by atoms with E-state index in [9.17, 15) is 14.7 Å². The molecule has 0 bridgehead atoms. The van der Waals surface area contributed by atoms with E-state index in [1.54, 1.807) is 25.1 Å². The fourth-order valence-corrected chi connectivity index (χ4v) is 3.32. The molecular weight excluding hydrogens is 370 g/mol. The van der Waals surface area contributed by atoms with Gasteiger partial charge in [-0.15, -0.1) is 0 Å². The number of ether oxygens (including phenoxy) is 2. The van der Waals surface area contributed by atoms with Crippen molar-refractivity contribution in [3.63, 3.8) is 0 Å². The van der Waals surface area contributed by atoms with Crippen LogP contribution in [0.1, 0.15) is 25.0 Å². The molecule has 150 valence electrons. The number of carbonyl (C=O) groups is 2. The normalized spacial score (nSPS) is 15.2. The molecule has 0 spiro atoms. The van der Waals surface area contributed by atoms with Gasteiger partial charge in [-0.2, -0.15) is 0 Å². The lowest BCUT2D eigenvalue weighted by molar-refractivity contribution is -0.136. The molecule has 2 aromatic rings. The van der Waals surface area contributed by atoms with Gasteiger partial charge in [-0.05, 0) is 62.2 Å². The summed E-state index contributed by atoms with van der Waals surface area (Å²) in [4.78, 5) is 27.3. The number of hydrogen-bond donors (Lipinski definition) is 1. The molecule has 2 aromatic carbocycles. The second-order valence-electron chi connectivity index (χ2n) is 6.65. The van der Waals surface area contributed by atoms with E-state index in [4.69, 9.17) is 9.47 Å². The van der Waals surface area contributed by atoms with Gasteiger partial charge in [-0.25, -0.2) is 4.79 Å². The molecule has 1 amide bonds. The number of aromatic hydroxyl groups is 1. The standard InChI is InChI=1S/C23H23NO5/c1-5-29-20-13-16(9-10-19(20)25)12-18-21(23(27)28-4)15(3)24(22(18)26)17-8-6-7-14(2)11-17/h6-13,25H,5H2,1-4H3/b18-12-. The smallest absolute Gasteiger partial charge is 0.340 e. The molecule has 0 atom stereocenters. The summed E-state index contributed by atoms with van der Waals surface area (Å²) >= 11 is 0. The SMILES string of the molecule is CCOc1cc(/C=C2\C(=O)N(c3cccc(C)c3)C(C)=C2C(=O)OC)ccc1O. The van der Waals surface area contributed by atoms with Crippen LogP contribution in [0.4, 0.5) is 5.69 Å². The van der Waals surface area contributed by atoms with E-state index in [1.807, 2.05) is 38.1 Å². The van der Waals surface area contributed by atoms with Gasteiger partial charge in [0.2, 0.25) is 0 Å². The van der Waals surface area contributed by atoms with Crippen molar-refractivity contribution < 1.29 is 24.2 Å². The van der Waals surface area contributed by atoms with Crippen molar-refractivity contribution in [2.75, 3.05) is 18.6 Å². The first-order valence-corrected chi connectivity index (χ1v) is 9.25. The second-order valence-corrected chi connectivity index (χ2v) is 6.65. The number of amides is 1. The first-order chi connectivity index (χ1) is 13.9. The molecule has 1 aliphatic heterocycles. The number of aryl methyl sites for hydroxylation is 1. The van der Waals surface area contributed by atoms with Crippen LogP contribution in [0.3, 0.4) is 0 Å². The Hall–Kier alpha value is -3.54. The summed E-state index contributed by atoms with van der Waals surface area (Å²) in [6.07, 6.45) is 1.61. The highest BCUT2D eigenvalue weighted by atomic mass is 16.5. The lowest BCUT2D eigenvalue weighted by Crippen LogP contribution is -2.24. The van der Waals surface area contributed by atoms with Gasteiger partial charge >= 0.3 is 5.97 Å². The third-order valence-electron chi connectivity index (χ3n) is 4.64. The van der Waals surface area contributed by atoms with Crippen molar-refractivity contribution in [2.24, 2.45) is 0 Å². The molecule has 6 heteroatoms. The lowest BCUT2D eigenvalue weighted by Gasteiger charge is -2.18. The van der Waals surface area contributed by atoms with Gasteiger partial charge in [0, 0.05) is 11.4 Å². The molecule has 3 rings (SSSR count). The van der Waals surface area contributed by atoms with Crippen molar-refractivity contribution in [1.29, 1.82) is 0 Å². The fourth-order valence-electron chi connectivity index (χ4n) is 3.32. The average molecular weight is 393 g/mol. The highest BCUT2D eigenvalue weighted by molar-refractivity contribution is 6.23. The zero-order valence-corrected chi connectivity index (χ0v) is 16.9. The zero-order chi connectivity index (χ0) is 21.1. The Balaban J connectivity index is 2.12. The Bertz CT molecular complexity index is 1040. The maximum atomic E-state index is 13.3. The highest BCUT2D eigenvalue weighted by Gasteiger charge is 2.37. The molecule has 0 aliphatic carbocycles. The first-order valence-electron chi connectivity index (χ1n) is 9.25. The minimum Gasteiger partial charge on any atom is -0.504 e. The third kappa shape index (κ3) is 3.87. The van der Waals surface area contributed by atoms with Crippen molar-refractivity contribution in [3.05, 3.63) is 70.4 Å². The van der Waals surface area contributed by atoms with Crippen LogP contribution in [0, 0.1) is 6.92 Å². The molecule has 0 unspecified atom stereocenters. The van der Waals surface area contributed by atoms with Gasteiger partial charge in [0.25, 0.3) is 5.91 Å². The van der Waals surface area contributed by atoms with Gasteiger partial charge in [-0.3, -0.25) is 9.69 Å². The molecule has 6 nitrogen and oxygen atoms in total. The number of phenols is 1. The lowest BCUT2D eigenvalue weighted by atomic mass is 10.0. The van der Waals surface area contributed by atoms with E-state index in [0.29, 0.717) is 29.3 Å². The number of methoxy groups -OCH3 is 1. The van der Waals surface area contributed by atoms with Gasteiger partial charge in [0.1, 0.15) is 0 Å². The van der Waals surface area contributed by atoms with E-state index in [0.717, 1.165) is 5.56 Å². The number of allylic oxidation sites excluding steroid dienone is 1. The third-order valence-corrected chi connectivity index (χ3v) is 4.64. The summed E-state index contributed by atoms with van der Waals surface area (Å²) in [6, 6.07) is 12.3. The number of anilines is 1. The van der Waals surface area contributed by atoms with Crippen LogP contribution in [0.2, 0.25) is 0 Å². The van der Waals surface area contributed by atoms with Crippen LogP contribution >= 0.6 is 0 Å².